The maximum atomic E-state index is 5.86. The highest BCUT2D eigenvalue weighted by atomic mass is 14.9. The molecule has 0 N–H and O–H groups in total. The van der Waals surface area contributed by atoms with Crippen LogP contribution in [-0.4, -0.2) is 19.9 Å². The molecule has 2 aromatic heterocycles. The molecule has 4 aliphatic carbocycles. The summed E-state index contributed by atoms with van der Waals surface area (Å²) in [7, 11) is 0. The van der Waals surface area contributed by atoms with E-state index in [0.29, 0.717) is 0 Å². The lowest BCUT2D eigenvalue weighted by atomic mass is 9.81. The number of benzene rings is 22. The van der Waals surface area contributed by atoms with Crippen LogP contribution >= 0.6 is 0 Å². The van der Waals surface area contributed by atoms with E-state index in [-0.39, 0.29) is 21.7 Å². The van der Waals surface area contributed by atoms with Crippen molar-refractivity contribution >= 4 is 65.2 Å². The van der Waals surface area contributed by atoms with Gasteiger partial charge in [0.05, 0.1) is 44.8 Å². The molecular formula is C140H100N4. The smallest absolute Gasteiger partial charge is 0.0979 e. The molecule has 0 saturated heterocycles. The summed E-state index contributed by atoms with van der Waals surface area (Å²) in [6.07, 6.45) is 0. The molecule has 0 fully saturated rings. The van der Waals surface area contributed by atoms with Gasteiger partial charge in [0.25, 0.3) is 0 Å². The molecule has 0 radical (unpaired) electrons. The van der Waals surface area contributed by atoms with Gasteiger partial charge in [0.1, 0.15) is 0 Å². The van der Waals surface area contributed by atoms with Crippen LogP contribution in [0.4, 0.5) is 0 Å². The molecule has 4 aliphatic rings. The first kappa shape index (κ1) is 85.7. The molecule has 4 nitrogen and oxygen atoms in total. The van der Waals surface area contributed by atoms with Crippen LogP contribution < -0.4 is 0 Å². The average molecular weight is 1840 g/mol. The molecule has 680 valence electrons. The number of aromatic nitrogens is 4. The highest BCUT2D eigenvalue weighted by Crippen LogP contribution is 2.56. The van der Waals surface area contributed by atoms with Crippen molar-refractivity contribution in [3.8, 4) is 179 Å². The molecule has 2 heterocycles. The SMILES string of the molecule is CC1(C)c2ccccc2-c2ccc(-c3ccc(-c4nc5c(-c6ccc7ccccc7c6)ccc(-c6ccc7ccccc7c6)c5nc4-c4ccc(-c5ccc6c(c5)C(C)(C)c5ccccc5-6)cc4)cc3)cc21.CC1(C)c2ccccc2-c2ccc(-c3ccc(-c4nc5c(-c6cccc7ccccc67)ccc(-c6cccc7ccccc67)c5nc4-c4ccc(-c5ccc6c(c5)C(C)(C)c5ccccc5-6)cc4)cc3)cc21. The highest BCUT2D eigenvalue weighted by molar-refractivity contribution is 6.12. The Morgan fingerprint density at radius 3 is 0.625 bits per heavy atom. The van der Waals surface area contributed by atoms with Crippen LogP contribution in [0.5, 0.6) is 0 Å². The fraction of sp³-hybridized carbons (Fsp3) is 0.0857. The summed E-state index contributed by atoms with van der Waals surface area (Å²) in [6.45, 7) is 18.8. The van der Waals surface area contributed by atoms with Crippen LogP contribution in [-0.2, 0) is 21.7 Å². The van der Waals surface area contributed by atoms with E-state index >= 15 is 0 Å². The van der Waals surface area contributed by atoms with Crippen LogP contribution in [0.2, 0.25) is 0 Å². The van der Waals surface area contributed by atoms with Crippen LogP contribution in [0.1, 0.15) is 99.9 Å². The van der Waals surface area contributed by atoms with Crippen molar-refractivity contribution in [1.29, 1.82) is 0 Å². The number of nitrogens with zero attached hydrogens (tertiary/aromatic N) is 4. The maximum Gasteiger partial charge on any atom is 0.0979 e. The third-order valence-electron chi connectivity index (χ3n) is 32.2. The van der Waals surface area contributed by atoms with Crippen molar-refractivity contribution in [2.45, 2.75) is 77.0 Å². The first-order valence-electron chi connectivity index (χ1n) is 50.4. The zero-order valence-electron chi connectivity index (χ0n) is 81.7. The Morgan fingerprint density at radius 2 is 0.326 bits per heavy atom. The predicted octanol–water partition coefficient (Wildman–Crippen LogP) is 37.1. The van der Waals surface area contributed by atoms with Crippen LogP contribution in [0.25, 0.3) is 244 Å². The van der Waals surface area contributed by atoms with Crippen LogP contribution in [0, 0.1) is 0 Å². The summed E-state index contributed by atoms with van der Waals surface area (Å²) in [5, 5.41) is 9.56. The first-order chi connectivity index (χ1) is 70.4. The van der Waals surface area contributed by atoms with Gasteiger partial charge in [0, 0.05) is 66.2 Å². The maximum absolute atomic E-state index is 5.86. The summed E-state index contributed by atoms with van der Waals surface area (Å²) >= 11 is 0. The Kier molecular flexibility index (Phi) is 19.7. The molecule has 4 heteroatoms. The lowest BCUT2D eigenvalue weighted by Crippen LogP contribution is -2.14. The Labute approximate surface area is 840 Å². The zero-order valence-corrected chi connectivity index (χ0v) is 81.7. The third-order valence-corrected chi connectivity index (χ3v) is 32.2. The molecule has 28 rings (SSSR count). The fourth-order valence-electron chi connectivity index (χ4n) is 24.4. The quantitative estimate of drug-likeness (QED) is 0.122. The van der Waals surface area contributed by atoms with Crippen molar-refractivity contribution < 1.29 is 0 Å². The molecule has 0 bridgehead atoms. The molecule has 0 unspecified atom stereocenters. The van der Waals surface area contributed by atoms with Crippen molar-refractivity contribution in [1.82, 2.24) is 19.9 Å². The van der Waals surface area contributed by atoms with Gasteiger partial charge in [-0.1, -0.05) is 480 Å². The average Bonchev–Trinajstić information content (AvgIpc) is 1.75. The minimum Gasteiger partial charge on any atom is -0.243 e. The van der Waals surface area contributed by atoms with E-state index in [1.54, 1.807) is 0 Å². The van der Waals surface area contributed by atoms with E-state index in [4.69, 9.17) is 19.9 Å². The number of hydrogen-bond donors (Lipinski definition) is 0. The Hall–Kier alpha value is -17.4. The summed E-state index contributed by atoms with van der Waals surface area (Å²) in [5.41, 5.74) is 50.5. The second-order valence-corrected chi connectivity index (χ2v) is 41.8. The topological polar surface area (TPSA) is 51.6 Å². The van der Waals surface area contributed by atoms with Gasteiger partial charge in [0.2, 0.25) is 0 Å². The monoisotopic (exact) mass is 1840 g/mol. The van der Waals surface area contributed by atoms with Gasteiger partial charge >= 0.3 is 0 Å². The normalized spacial score (nSPS) is 13.8. The van der Waals surface area contributed by atoms with E-state index in [0.717, 1.165) is 112 Å². The van der Waals surface area contributed by atoms with Crippen molar-refractivity contribution in [3.63, 3.8) is 0 Å². The summed E-state index contributed by atoms with van der Waals surface area (Å²) in [4.78, 5) is 23.3. The van der Waals surface area contributed by atoms with Gasteiger partial charge in [0.15, 0.2) is 0 Å². The summed E-state index contributed by atoms with van der Waals surface area (Å²) in [6, 6.07) is 169. The van der Waals surface area contributed by atoms with E-state index in [1.165, 1.54) is 177 Å². The second-order valence-electron chi connectivity index (χ2n) is 41.8. The van der Waals surface area contributed by atoms with Crippen molar-refractivity contribution in [2.75, 3.05) is 0 Å². The Morgan fingerprint density at radius 1 is 0.125 bits per heavy atom. The number of hydrogen-bond acceptors (Lipinski definition) is 4. The predicted molar refractivity (Wildman–Crippen MR) is 605 cm³/mol. The number of fused-ring (bicyclic) bond motifs is 18. The van der Waals surface area contributed by atoms with E-state index in [9.17, 15) is 0 Å². The van der Waals surface area contributed by atoms with Crippen molar-refractivity contribution in [2.24, 2.45) is 0 Å². The van der Waals surface area contributed by atoms with Gasteiger partial charge in [-0.05, 0) is 235 Å². The minimum atomic E-state index is -0.0807. The summed E-state index contributed by atoms with van der Waals surface area (Å²) < 4.78 is 0. The van der Waals surface area contributed by atoms with Crippen molar-refractivity contribution in [3.05, 3.63) is 506 Å². The third kappa shape index (κ3) is 13.8. The highest BCUT2D eigenvalue weighted by Gasteiger charge is 2.40. The molecule has 0 spiro atoms. The van der Waals surface area contributed by atoms with Gasteiger partial charge < -0.3 is 0 Å². The van der Waals surface area contributed by atoms with E-state index in [1.807, 2.05) is 0 Å². The van der Waals surface area contributed by atoms with E-state index < -0.39 is 0 Å². The molecule has 144 heavy (non-hydrogen) atoms. The van der Waals surface area contributed by atoms with Gasteiger partial charge in [-0.25, -0.2) is 19.9 Å². The molecule has 0 saturated carbocycles. The van der Waals surface area contributed by atoms with Gasteiger partial charge in [-0.2, -0.15) is 0 Å². The van der Waals surface area contributed by atoms with E-state index in [2.05, 4.69) is 516 Å². The molecule has 22 aromatic carbocycles. The molecule has 24 aromatic rings. The zero-order chi connectivity index (χ0) is 96.6. The second kappa shape index (κ2) is 33.1. The lowest BCUT2D eigenvalue weighted by Gasteiger charge is -2.22. The minimum absolute atomic E-state index is 0.0789. The largest absolute Gasteiger partial charge is 0.243 e. The molecule has 0 aliphatic heterocycles. The molecular weight excluding hydrogens is 1740 g/mol. The Bertz CT molecular complexity index is 8920. The van der Waals surface area contributed by atoms with Crippen LogP contribution in [0.15, 0.2) is 461 Å². The standard InChI is InChI=1S/2C70H50N2/c1-69(2)61-25-11-9-21-55(61)57-37-35-49(41-63(57)69)43-27-31-47(32-28-43)65-66(48-33-29-44(30-34-48)50-36-38-58-56-22-10-12-26-62(56)70(3,4)64(58)42-50)72-68-60(54-24-14-18-46-16-6-8-20-52(46)54)40-39-59(67(68)71-65)53-23-13-17-45-15-5-7-19-51(45)53;1-69(2)61-19-11-9-17-57(61)59-35-33-51(41-63(59)69)45-21-27-47(28-22-45)65-66(48-29-23-46(24-30-48)52-34-36-60-58-18-10-12-20-62(58)70(3,4)64(60)42-52)72-68-56(54-32-26-44-14-6-8-16-50(44)40-54)38-37-55(67(68)71-65)53-31-25-43-13-5-7-15-49(43)39-53/h2*5-42H,1-4H3. The summed E-state index contributed by atoms with van der Waals surface area (Å²) in [5.74, 6) is 0. The van der Waals surface area contributed by atoms with Crippen LogP contribution in [0.3, 0.4) is 0 Å². The first-order valence-corrected chi connectivity index (χ1v) is 50.4. The lowest BCUT2D eigenvalue weighted by molar-refractivity contribution is 0.660. The van der Waals surface area contributed by atoms with Gasteiger partial charge in [-0.15, -0.1) is 0 Å². The molecule has 0 amide bonds. The van der Waals surface area contributed by atoms with Gasteiger partial charge in [-0.3, -0.25) is 0 Å². The Balaban J connectivity index is 0.000000143. The molecule has 0 atom stereocenters. The number of rotatable bonds is 12. The fourth-order valence-corrected chi connectivity index (χ4v) is 24.4.